The van der Waals surface area contributed by atoms with Gasteiger partial charge in [0.15, 0.2) is 0 Å². The predicted octanol–water partition coefficient (Wildman–Crippen LogP) is 0.735. The normalized spacial score (nSPS) is 36.3. The summed E-state index contributed by atoms with van der Waals surface area (Å²) in [6, 6.07) is 3.61. The summed E-state index contributed by atoms with van der Waals surface area (Å²) in [7, 11) is 1.34. The molecule has 0 radical (unpaired) electrons. The lowest BCUT2D eigenvalue weighted by molar-refractivity contribution is -0.151. The van der Waals surface area contributed by atoms with Gasteiger partial charge in [-0.2, -0.15) is 0 Å². The Bertz CT molecular complexity index is 622. The highest BCUT2D eigenvalue weighted by Crippen LogP contribution is 2.52. The predicted molar refractivity (Wildman–Crippen MR) is 69.9 cm³/mol. The summed E-state index contributed by atoms with van der Waals surface area (Å²) >= 11 is 0. The first kappa shape index (κ1) is 12.6. The molecule has 4 rings (SSSR count). The summed E-state index contributed by atoms with van der Waals surface area (Å²) in [5, 5.41) is 0. The van der Waals surface area contributed by atoms with Crippen molar-refractivity contribution in [3.8, 4) is 0 Å². The zero-order chi connectivity index (χ0) is 14.6. The van der Waals surface area contributed by atoms with E-state index in [0.717, 1.165) is 0 Å². The molecule has 1 aromatic rings. The summed E-state index contributed by atoms with van der Waals surface area (Å²) in [6.07, 6.45) is 5.01. The molecule has 4 heterocycles. The number of hydrogen-bond acceptors (Lipinski definition) is 5. The van der Waals surface area contributed by atoms with Crippen LogP contribution in [-0.4, -0.2) is 42.1 Å². The zero-order valence-electron chi connectivity index (χ0n) is 11.5. The van der Waals surface area contributed by atoms with Crippen LogP contribution >= 0.6 is 0 Å². The number of nitrogens with zero attached hydrogens (tertiary/aromatic N) is 1. The number of rotatable bonds is 3. The molecule has 0 aliphatic carbocycles. The van der Waals surface area contributed by atoms with Crippen LogP contribution in [0.4, 0.5) is 0 Å². The summed E-state index contributed by atoms with van der Waals surface area (Å²) in [5.41, 5.74) is -0.687. The van der Waals surface area contributed by atoms with Crippen LogP contribution in [0.3, 0.4) is 0 Å². The van der Waals surface area contributed by atoms with Crippen molar-refractivity contribution in [2.24, 2.45) is 11.8 Å². The highest BCUT2D eigenvalue weighted by molar-refractivity contribution is 5.91. The van der Waals surface area contributed by atoms with E-state index in [4.69, 9.17) is 13.9 Å². The van der Waals surface area contributed by atoms with Crippen LogP contribution in [0, 0.1) is 11.8 Å². The number of hydrogen-bond donors (Lipinski definition) is 0. The van der Waals surface area contributed by atoms with Gasteiger partial charge in [0.05, 0.1) is 38.5 Å². The Morgan fingerprint density at radius 3 is 3.14 bits per heavy atom. The fraction of sp³-hybridized carbons (Fsp3) is 0.467. The third kappa shape index (κ3) is 1.62. The molecule has 0 aromatic carbocycles. The largest absolute Gasteiger partial charge is 0.469 e. The van der Waals surface area contributed by atoms with Crippen LogP contribution in [0.25, 0.3) is 0 Å². The summed E-state index contributed by atoms with van der Waals surface area (Å²) in [4.78, 5) is 26.4. The number of furan rings is 1. The fourth-order valence-corrected chi connectivity index (χ4v) is 3.71. The van der Waals surface area contributed by atoms with E-state index in [9.17, 15) is 9.59 Å². The van der Waals surface area contributed by atoms with Gasteiger partial charge in [-0.1, -0.05) is 12.2 Å². The minimum absolute atomic E-state index is 0.0753. The van der Waals surface area contributed by atoms with E-state index >= 15 is 0 Å². The maximum atomic E-state index is 12.7. The second-order valence-corrected chi connectivity index (χ2v) is 5.70. The van der Waals surface area contributed by atoms with Gasteiger partial charge in [-0.3, -0.25) is 9.59 Å². The van der Waals surface area contributed by atoms with Gasteiger partial charge in [0, 0.05) is 0 Å². The number of esters is 1. The zero-order valence-corrected chi connectivity index (χ0v) is 11.5. The van der Waals surface area contributed by atoms with Gasteiger partial charge < -0.3 is 18.8 Å². The third-order valence-corrected chi connectivity index (χ3v) is 4.58. The van der Waals surface area contributed by atoms with Crippen LogP contribution in [0.15, 0.2) is 35.0 Å². The monoisotopic (exact) mass is 289 g/mol. The maximum absolute atomic E-state index is 12.7. The van der Waals surface area contributed by atoms with Gasteiger partial charge in [-0.15, -0.1) is 0 Å². The highest BCUT2D eigenvalue weighted by atomic mass is 16.5. The topological polar surface area (TPSA) is 69.0 Å². The minimum atomic E-state index is -0.687. The standard InChI is InChI=1S/C15H15NO5/c1-19-14(18)11-10-4-5-15(21-10)8-16(13(17)12(11)15)7-9-3-2-6-20-9/h2-6,10-12H,7-8H2,1H3/t10-,11+,12-,15+/m1/s1. The Balaban J connectivity index is 1.64. The summed E-state index contributed by atoms with van der Waals surface area (Å²) < 4.78 is 16.1. The smallest absolute Gasteiger partial charge is 0.312 e. The number of carbonyl (C=O) groups excluding carboxylic acids is 2. The molecule has 0 N–H and O–H groups in total. The number of ether oxygens (including phenoxy) is 2. The van der Waals surface area contributed by atoms with E-state index in [2.05, 4.69) is 0 Å². The van der Waals surface area contributed by atoms with Crippen molar-refractivity contribution >= 4 is 11.9 Å². The van der Waals surface area contributed by atoms with Crippen molar-refractivity contribution < 1.29 is 23.5 Å². The first-order chi connectivity index (χ1) is 10.1. The molecule has 0 unspecified atom stereocenters. The minimum Gasteiger partial charge on any atom is -0.469 e. The van der Waals surface area contributed by atoms with Crippen molar-refractivity contribution in [3.63, 3.8) is 0 Å². The lowest BCUT2D eigenvalue weighted by Crippen LogP contribution is -2.39. The van der Waals surface area contributed by atoms with Gasteiger partial charge in [0.25, 0.3) is 0 Å². The second kappa shape index (κ2) is 4.21. The van der Waals surface area contributed by atoms with Gasteiger partial charge in [-0.05, 0) is 12.1 Å². The Morgan fingerprint density at radius 1 is 1.57 bits per heavy atom. The molecule has 2 fully saturated rings. The molecule has 2 bridgehead atoms. The molecule has 21 heavy (non-hydrogen) atoms. The van der Waals surface area contributed by atoms with Crippen LogP contribution in [0.2, 0.25) is 0 Å². The van der Waals surface area contributed by atoms with Crippen molar-refractivity contribution in [1.82, 2.24) is 4.90 Å². The lowest BCUT2D eigenvalue weighted by atomic mass is 9.77. The molecule has 110 valence electrons. The Hall–Kier alpha value is -2.08. The fourth-order valence-electron chi connectivity index (χ4n) is 3.71. The molecule has 1 aromatic heterocycles. The molecule has 3 aliphatic rings. The molecule has 6 heteroatoms. The Kier molecular flexibility index (Phi) is 2.53. The van der Waals surface area contributed by atoms with Gasteiger partial charge in [0.1, 0.15) is 17.3 Å². The number of likely N-dealkylation sites (tertiary alicyclic amines) is 1. The van der Waals surface area contributed by atoms with Crippen LogP contribution < -0.4 is 0 Å². The van der Waals surface area contributed by atoms with E-state index in [1.165, 1.54) is 7.11 Å². The average Bonchev–Trinajstić information content (AvgIpc) is 3.22. The molecular formula is C15H15NO5. The third-order valence-electron chi connectivity index (χ3n) is 4.58. The number of amides is 1. The van der Waals surface area contributed by atoms with Crippen molar-refractivity contribution in [3.05, 3.63) is 36.3 Å². The molecule has 6 nitrogen and oxygen atoms in total. The SMILES string of the molecule is COC(=O)[C@H]1[C@H]2C=C[C@@]3(CN(Cc4ccco4)C(=O)[C@@H]13)O2. The molecule has 3 aliphatic heterocycles. The highest BCUT2D eigenvalue weighted by Gasteiger charge is 2.67. The summed E-state index contributed by atoms with van der Waals surface area (Å²) in [5.74, 6) is -0.782. The van der Waals surface area contributed by atoms with E-state index in [1.807, 2.05) is 18.2 Å². The molecule has 1 amide bonds. The first-order valence-corrected chi connectivity index (χ1v) is 6.91. The van der Waals surface area contributed by atoms with Gasteiger partial charge >= 0.3 is 5.97 Å². The molecule has 2 saturated heterocycles. The van der Waals surface area contributed by atoms with Crippen LogP contribution in [0.1, 0.15) is 5.76 Å². The van der Waals surface area contributed by atoms with E-state index in [1.54, 1.807) is 17.2 Å². The number of methoxy groups -OCH3 is 1. The second-order valence-electron chi connectivity index (χ2n) is 5.70. The van der Waals surface area contributed by atoms with Gasteiger partial charge in [-0.25, -0.2) is 0 Å². The summed E-state index contributed by atoms with van der Waals surface area (Å²) in [6.45, 7) is 0.831. The maximum Gasteiger partial charge on any atom is 0.312 e. The number of fused-ring (bicyclic) bond motifs is 1. The van der Waals surface area contributed by atoms with Crippen molar-refractivity contribution in [1.29, 1.82) is 0 Å². The Labute approximate surface area is 121 Å². The van der Waals surface area contributed by atoms with Crippen molar-refractivity contribution in [2.45, 2.75) is 18.2 Å². The van der Waals surface area contributed by atoms with Gasteiger partial charge in [0.2, 0.25) is 5.91 Å². The molecule has 1 spiro atoms. The molecular weight excluding hydrogens is 274 g/mol. The Morgan fingerprint density at radius 2 is 2.43 bits per heavy atom. The average molecular weight is 289 g/mol. The quantitative estimate of drug-likeness (QED) is 0.606. The number of carbonyl (C=O) groups is 2. The molecule has 0 saturated carbocycles. The van der Waals surface area contributed by atoms with E-state index in [0.29, 0.717) is 18.8 Å². The van der Waals surface area contributed by atoms with E-state index < -0.39 is 17.4 Å². The molecule has 4 atom stereocenters. The van der Waals surface area contributed by atoms with Crippen LogP contribution in [-0.2, 0) is 25.6 Å². The van der Waals surface area contributed by atoms with E-state index in [-0.39, 0.29) is 18.0 Å². The first-order valence-electron chi connectivity index (χ1n) is 6.91. The van der Waals surface area contributed by atoms with Crippen LogP contribution in [0.5, 0.6) is 0 Å². The van der Waals surface area contributed by atoms with Crippen molar-refractivity contribution in [2.75, 3.05) is 13.7 Å². The lowest BCUT2D eigenvalue weighted by Gasteiger charge is -2.22.